The Hall–Kier alpha value is -2.04. The van der Waals surface area contributed by atoms with E-state index in [-0.39, 0.29) is 17.7 Å². The van der Waals surface area contributed by atoms with Crippen molar-refractivity contribution < 1.29 is 19.4 Å². The third kappa shape index (κ3) is 2.46. The molecular formula is C10H11NO4. The number of carbonyl (C=O) groups excluding carboxylic acids is 1. The molecule has 0 saturated carbocycles. The topological polar surface area (TPSA) is 89.6 Å². The number of anilines is 1. The molecule has 5 nitrogen and oxygen atoms in total. The summed E-state index contributed by atoms with van der Waals surface area (Å²) >= 11 is 0. The number of carboxylic acid groups (broad SMARTS) is 1. The fraction of sp³-hybridized carbons (Fsp3) is 0.200. The van der Waals surface area contributed by atoms with Crippen LogP contribution in [0.25, 0.3) is 0 Å². The number of hydrogen-bond acceptors (Lipinski definition) is 4. The second kappa shape index (κ2) is 4.45. The fourth-order valence-corrected chi connectivity index (χ4v) is 1.13. The van der Waals surface area contributed by atoms with Gasteiger partial charge in [-0.05, 0) is 25.1 Å². The van der Waals surface area contributed by atoms with Crippen LogP contribution in [0.1, 0.15) is 27.6 Å². The molecule has 0 bridgehead atoms. The van der Waals surface area contributed by atoms with Crippen molar-refractivity contribution in [2.24, 2.45) is 0 Å². The highest BCUT2D eigenvalue weighted by molar-refractivity contribution is 6.03. The predicted molar refractivity (Wildman–Crippen MR) is 53.8 cm³/mol. The lowest BCUT2D eigenvalue weighted by Gasteiger charge is -2.06. The second-order valence-electron chi connectivity index (χ2n) is 2.83. The van der Waals surface area contributed by atoms with Gasteiger partial charge in [-0.15, -0.1) is 0 Å². The summed E-state index contributed by atoms with van der Waals surface area (Å²) in [5.41, 5.74) is 5.65. The van der Waals surface area contributed by atoms with Crippen molar-refractivity contribution in [3.63, 3.8) is 0 Å². The highest BCUT2D eigenvalue weighted by Gasteiger charge is 2.17. The van der Waals surface area contributed by atoms with Crippen LogP contribution in [-0.2, 0) is 4.74 Å². The van der Waals surface area contributed by atoms with Gasteiger partial charge in [0.1, 0.15) is 0 Å². The summed E-state index contributed by atoms with van der Waals surface area (Å²) in [5.74, 6) is -1.86. The van der Waals surface area contributed by atoms with Crippen molar-refractivity contribution in [1.82, 2.24) is 0 Å². The summed E-state index contributed by atoms with van der Waals surface area (Å²) < 4.78 is 4.72. The maximum atomic E-state index is 11.4. The van der Waals surface area contributed by atoms with E-state index in [1.54, 1.807) is 6.92 Å². The van der Waals surface area contributed by atoms with E-state index in [2.05, 4.69) is 0 Å². The molecule has 0 atom stereocenters. The first-order valence-corrected chi connectivity index (χ1v) is 4.36. The molecular weight excluding hydrogens is 198 g/mol. The molecule has 0 spiro atoms. The SMILES string of the molecule is CCOC(=O)c1cc(N)ccc1C(=O)O. The zero-order valence-electron chi connectivity index (χ0n) is 8.19. The Balaban J connectivity index is 3.18. The molecule has 1 aromatic carbocycles. The van der Waals surface area contributed by atoms with Gasteiger partial charge >= 0.3 is 11.9 Å². The minimum absolute atomic E-state index is 0.0237. The van der Waals surface area contributed by atoms with E-state index in [1.807, 2.05) is 0 Å². The zero-order chi connectivity index (χ0) is 11.4. The third-order valence-corrected chi connectivity index (χ3v) is 1.77. The molecule has 0 amide bonds. The van der Waals surface area contributed by atoms with Crippen LogP contribution < -0.4 is 5.73 Å². The largest absolute Gasteiger partial charge is 0.478 e. The highest BCUT2D eigenvalue weighted by Crippen LogP contribution is 2.14. The van der Waals surface area contributed by atoms with Crippen LogP contribution in [0.3, 0.4) is 0 Å². The quantitative estimate of drug-likeness (QED) is 0.575. The monoisotopic (exact) mass is 209 g/mol. The van der Waals surface area contributed by atoms with E-state index in [0.29, 0.717) is 5.69 Å². The maximum absolute atomic E-state index is 11.4. The van der Waals surface area contributed by atoms with Gasteiger partial charge in [0.25, 0.3) is 0 Å². The lowest BCUT2D eigenvalue weighted by molar-refractivity contribution is 0.0514. The van der Waals surface area contributed by atoms with E-state index in [1.165, 1.54) is 18.2 Å². The Kier molecular flexibility index (Phi) is 3.28. The second-order valence-corrected chi connectivity index (χ2v) is 2.83. The molecule has 5 heteroatoms. The van der Waals surface area contributed by atoms with Crippen LogP contribution in [0.4, 0.5) is 5.69 Å². The average molecular weight is 209 g/mol. The summed E-state index contributed by atoms with van der Waals surface area (Å²) in [4.78, 5) is 22.2. The van der Waals surface area contributed by atoms with Gasteiger partial charge in [-0.1, -0.05) is 0 Å². The maximum Gasteiger partial charge on any atom is 0.339 e. The highest BCUT2D eigenvalue weighted by atomic mass is 16.5. The lowest BCUT2D eigenvalue weighted by Crippen LogP contribution is -2.12. The van der Waals surface area contributed by atoms with Crippen molar-refractivity contribution >= 4 is 17.6 Å². The molecule has 1 aromatic rings. The minimum atomic E-state index is -1.18. The molecule has 0 aromatic heterocycles. The number of carbonyl (C=O) groups is 2. The van der Waals surface area contributed by atoms with Crippen LogP contribution >= 0.6 is 0 Å². The zero-order valence-corrected chi connectivity index (χ0v) is 8.19. The number of carboxylic acids is 1. The molecule has 0 aliphatic heterocycles. The van der Waals surface area contributed by atoms with Gasteiger partial charge in [0.05, 0.1) is 17.7 Å². The third-order valence-electron chi connectivity index (χ3n) is 1.77. The molecule has 80 valence electrons. The fourth-order valence-electron chi connectivity index (χ4n) is 1.13. The van der Waals surface area contributed by atoms with Crippen molar-refractivity contribution in [3.05, 3.63) is 29.3 Å². The molecule has 0 unspecified atom stereocenters. The van der Waals surface area contributed by atoms with E-state index >= 15 is 0 Å². The summed E-state index contributed by atoms with van der Waals surface area (Å²) in [5, 5.41) is 8.83. The summed E-state index contributed by atoms with van der Waals surface area (Å²) in [6, 6.07) is 4.00. The van der Waals surface area contributed by atoms with Crippen LogP contribution in [-0.4, -0.2) is 23.7 Å². The summed E-state index contributed by atoms with van der Waals surface area (Å²) in [6.07, 6.45) is 0. The number of nitrogens with two attached hydrogens (primary N) is 1. The predicted octanol–water partition coefficient (Wildman–Crippen LogP) is 1.14. The lowest BCUT2D eigenvalue weighted by atomic mass is 10.1. The van der Waals surface area contributed by atoms with Gasteiger partial charge in [0.15, 0.2) is 0 Å². The number of hydrogen-bond donors (Lipinski definition) is 2. The Bertz CT molecular complexity index is 400. The Labute approximate surface area is 86.5 Å². The van der Waals surface area contributed by atoms with Crippen LogP contribution in [0, 0.1) is 0 Å². The van der Waals surface area contributed by atoms with E-state index < -0.39 is 11.9 Å². The normalized spacial score (nSPS) is 9.67. The van der Waals surface area contributed by atoms with Crippen molar-refractivity contribution in [2.45, 2.75) is 6.92 Å². The molecule has 3 N–H and O–H groups in total. The molecule has 1 rings (SSSR count). The first-order chi connectivity index (χ1) is 7.06. The molecule has 0 fully saturated rings. The van der Waals surface area contributed by atoms with Crippen LogP contribution in [0.5, 0.6) is 0 Å². The first-order valence-electron chi connectivity index (χ1n) is 4.36. The standard InChI is InChI=1S/C10H11NO4/c1-2-15-10(14)8-5-6(11)3-4-7(8)9(12)13/h3-5H,2,11H2,1H3,(H,12,13). The van der Waals surface area contributed by atoms with Gasteiger partial charge in [0, 0.05) is 5.69 Å². The van der Waals surface area contributed by atoms with Gasteiger partial charge in [0.2, 0.25) is 0 Å². The van der Waals surface area contributed by atoms with Crippen molar-refractivity contribution in [3.8, 4) is 0 Å². The number of rotatable bonds is 3. The van der Waals surface area contributed by atoms with Crippen molar-refractivity contribution in [1.29, 1.82) is 0 Å². The summed E-state index contributed by atoms with van der Waals surface area (Å²) in [7, 11) is 0. The van der Waals surface area contributed by atoms with Gasteiger partial charge in [-0.3, -0.25) is 0 Å². The van der Waals surface area contributed by atoms with E-state index in [0.717, 1.165) is 0 Å². The molecule has 0 aliphatic rings. The minimum Gasteiger partial charge on any atom is -0.478 e. The van der Waals surface area contributed by atoms with Gasteiger partial charge in [-0.25, -0.2) is 9.59 Å². The number of benzene rings is 1. The molecule has 15 heavy (non-hydrogen) atoms. The molecule has 0 saturated heterocycles. The smallest absolute Gasteiger partial charge is 0.339 e. The summed E-state index contributed by atoms with van der Waals surface area (Å²) in [6.45, 7) is 1.83. The molecule has 0 aliphatic carbocycles. The Morgan fingerprint density at radius 1 is 1.40 bits per heavy atom. The Morgan fingerprint density at radius 2 is 2.07 bits per heavy atom. The van der Waals surface area contributed by atoms with Crippen LogP contribution in [0.2, 0.25) is 0 Å². The number of nitrogen functional groups attached to an aromatic ring is 1. The number of ether oxygens (including phenoxy) is 1. The first kappa shape index (κ1) is 11.0. The van der Waals surface area contributed by atoms with Gasteiger partial charge < -0.3 is 15.6 Å². The number of esters is 1. The molecule has 0 heterocycles. The van der Waals surface area contributed by atoms with Crippen LogP contribution in [0.15, 0.2) is 18.2 Å². The van der Waals surface area contributed by atoms with Gasteiger partial charge in [-0.2, -0.15) is 0 Å². The number of aromatic carboxylic acids is 1. The Morgan fingerprint density at radius 3 is 2.60 bits per heavy atom. The average Bonchev–Trinajstić information content (AvgIpc) is 2.17. The van der Waals surface area contributed by atoms with E-state index in [9.17, 15) is 9.59 Å². The van der Waals surface area contributed by atoms with E-state index in [4.69, 9.17) is 15.6 Å². The molecule has 0 radical (unpaired) electrons. The van der Waals surface area contributed by atoms with Crippen molar-refractivity contribution in [2.75, 3.05) is 12.3 Å².